The second kappa shape index (κ2) is 8.43. The Kier molecular flexibility index (Phi) is 6.87. The van der Waals surface area contributed by atoms with Crippen LogP contribution >= 0.6 is 0 Å². The normalized spacial score (nSPS) is 11.9. The first-order valence-electron chi connectivity index (χ1n) is 6.91. The van der Waals surface area contributed by atoms with Crippen molar-refractivity contribution >= 4 is 11.5 Å². The van der Waals surface area contributed by atoms with E-state index in [0.717, 1.165) is 25.3 Å². The van der Waals surface area contributed by atoms with Gasteiger partial charge in [-0.1, -0.05) is 19.0 Å². The van der Waals surface area contributed by atoms with Gasteiger partial charge < -0.3 is 20.6 Å². The lowest BCUT2D eigenvalue weighted by Gasteiger charge is -2.19. The molecule has 3 N–H and O–H groups in total. The van der Waals surface area contributed by atoms with Crippen LogP contribution in [0.5, 0.6) is 0 Å². The van der Waals surface area contributed by atoms with Gasteiger partial charge in [-0.25, -0.2) is 0 Å². The van der Waals surface area contributed by atoms with Crippen LogP contribution in [-0.4, -0.2) is 37.8 Å². The Bertz CT molecular complexity index is 416. The fourth-order valence-corrected chi connectivity index (χ4v) is 1.70. The van der Waals surface area contributed by atoms with Crippen LogP contribution in [0.3, 0.4) is 0 Å². The molecule has 0 saturated heterocycles. The molecule has 0 atom stereocenters. The van der Waals surface area contributed by atoms with Crippen LogP contribution in [0.4, 0.5) is 5.69 Å². The van der Waals surface area contributed by atoms with Gasteiger partial charge in [-0.3, -0.25) is 0 Å². The second-order valence-electron chi connectivity index (χ2n) is 5.25. The highest BCUT2D eigenvalue weighted by atomic mass is 16.5. The molecule has 0 aliphatic rings. The second-order valence-corrected chi connectivity index (χ2v) is 5.25. The smallest absolute Gasteiger partial charge is 0.170 e. The molecule has 1 aromatic rings. The Hall–Kier alpha value is -1.75. The van der Waals surface area contributed by atoms with Crippen molar-refractivity contribution in [3.8, 4) is 0 Å². The molecule has 0 aliphatic carbocycles. The molecular formula is C15H25N3O2. The molecule has 0 spiro atoms. The number of hydrogen-bond acceptors (Lipinski definition) is 4. The number of oxime groups is 1. The predicted molar refractivity (Wildman–Crippen MR) is 82.5 cm³/mol. The third-order valence-corrected chi connectivity index (χ3v) is 3.12. The van der Waals surface area contributed by atoms with Crippen molar-refractivity contribution in [1.29, 1.82) is 0 Å². The van der Waals surface area contributed by atoms with E-state index < -0.39 is 0 Å². The van der Waals surface area contributed by atoms with Crippen molar-refractivity contribution in [2.45, 2.75) is 20.3 Å². The average Bonchev–Trinajstić information content (AvgIpc) is 2.45. The molecule has 5 nitrogen and oxygen atoms in total. The topological polar surface area (TPSA) is 71.1 Å². The summed E-state index contributed by atoms with van der Waals surface area (Å²) in [6.45, 7) is 6.75. The van der Waals surface area contributed by atoms with Crippen molar-refractivity contribution in [3.63, 3.8) is 0 Å². The van der Waals surface area contributed by atoms with Crippen molar-refractivity contribution in [1.82, 2.24) is 0 Å². The first-order chi connectivity index (χ1) is 9.54. The number of ether oxygens (including phenoxy) is 1. The summed E-state index contributed by atoms with van der Waals surface area (Å²) >= 11 is 0. The fourth-order valence-electron chi connectivity index (χ4n) is 1.70. The van der Waals surface area contributed by atoms with Crippen molar-refractivity contribution in [2.24, 2.45) is 16.8 Å². The van der Waals surface area contributed by atoms with Gasteiger partial charge in [0.15, 0.2) is 5.84 Å². The molecule has 1 aromatic carbocycles. The van der Waals surface area contributed by atoms with Gasteiger partial charge in [-0.05, 0) is 36.6 Å². The fraction of sp³-hybridized carbons (Fsp3) is 0.533. The van der Waals surface area contributed by atoms with Gasteiger partial charge in [0.2, 0.25) is 0 Å². The van der Waals surface area contributed by atoms with Crippen LogP contribution in [0.2, 0.25) is 0 Å². The molecule has 0 bridgehead atoms. The lowest BCUT2D eigenvalue weighted by molar-refractivity contribution is 0.130. The molecular weight excluding hydrogens is 254 g/mol. The van der Waals surface area contributed by atoms with E-state index in [-0.39, 0.29) is 5.84 Å². The molecule has 0 unspecified atom stereocenters. The number of nitrogens with zero attached hydrogens (tertiary/aromatic N) is 2. The zero-order valence-corrected chi connectivity index (χ0v) is 12.5. The van der Waals surface area contributed by atoms with E-state index in [4.69, 9.17) is 15.7 Å². The highest BCUT2D eigenvalue weighted by molar-refractivity contribution is 5.97. The quantitative estimate of drug-likeness (QED) is 0.252. The summed E-state index contributed by atoms with van der Waals surface area (Å²) in [6, 6.07) is 7.56. The summed E-state index contributed by atoms with van der Waals surface area (Å²) in [5.41, 5.74) is 7.31. The number of likely N-dealkylation sites (N-methyl/N-ethyl adjacent to an activating group) is 1. The zero-order chi connectivity index (χ0) is 15.0. The van der Waals surface area contributed by atoms with Gasteiger partial charge in [0.05, 0.1) is 6.61 Å². The maximum atomic E-state index is 8.61. The molecule has 0 fully saturated rings. The Labute approximate surface area is 121 Å². The van der Waals surface area contributed by atoms with Gasteiger partial charge in [-0.15, -0.1) is 0 Å². The predicted octanol–water partition coefficient (Wildman–Crippen LogP) is 2.28. The third-order valence-electron chi connectivity index (χ3n) is 3.12. The van der Waals surface area contributed by atoms with E-state index in [2.05, 4.69) is 23.9 Å². The van der Waals surface area contributed by atoms with Gasteiger partial charge in [-0.2, -0.15) is 0 Å². The molecule has 112 valence electrons. The van der Waals surface area contributed by atoms with Crippen molar-refractivity contribution < 1.29 is 9.94 Å². The standard InChI is InChI=1S/C15H25N3O2/c1-12(2)8-10-20-11-9-18(3)14-6-4-13(5-7-14)15(16)17-19/h4-7,12,19H,8-11H2,1-3H3,(H2,16,17). The molecule has 0 amide bonds. The number of rotatable bonds is 8. The zero-order valence-electron chi connectivity index (χ0n) is 12.5. The molecule has 0 heterocycles. The van der Waals surface area contributed by atoms with Crippen LogP contribution < -0.4 is 10.6 Å². The van der Waals surface area contributed by atoms with Gasteiger partial charge >= 0.3 is 0 Å². The summed E-state index contributed by atoms with van der Waals surface area (Å²) < 4.78 is 5.60. The van der Waals surface area contributed by atoms with E-state index in [9.17, 15) is 0 Å². The largest absolute Gasteiger partial charge is 0.409 e. The van der Waals surface area contributed by atoms with Crippen LogP contribution in [-0.2, 0) is 4.74 Å². The number of anilines is 1. The van der Waals surface area contributed by atoms with Crippen LogP contribution in [0, 0.1) is 5.92 Å². The van der Waals surface area contributed by atoms with Crippen LogP contribution in [0.25, 0.3) is 0 Å². The van der Waals surface area contributed by atoms with E-state index in [1.165, 1.54) is 0 Å². The first-order valence-corrected chi connectivity index (χ1v) is 6.91. The number of benzene rings is 1. The molecule has 5 heteroatoms. The molecule has 0 saturated carbocycles. The minimum Gasteiger partial charge on any atom is -0.409 e. The summed E-state index contributed by atoms with van der Waals surface area (Å²) in [5, 5.41) is 11.6. The lowest BCUT2D eigenvalue weighted by atomic mass is 10.1. The Balaban J connectivity index is 2.38. The van der Waals surface area contributed by atoms with Crippen LogP contribution in [0.15, 0.2) is 29.4 Å². The maximum absolute atomic E-state index is 8.61. The van der Waals surface area contributed by atoms with Gasteiger partial charge in [0, 0.05) is 31.5 Å². The van der Waals surface area contributed by atoms with E-state index in [1.807, 2.05) is 31.3 Å². The van der Waals surface area contributed by atoms with Crippen LogP contribution in [0.1, 0.15) is 25.8 Å². The molecule has 0 radical (unpaired) electrons. The SMILES string of the molecule is CC(C)CCOCCN(C)c1ccc(C(N)=NO)cc1. The minimum atomic E-state index is 0.122. The van der Waals surface area contributed by atoms with E-state index >= 15 is 0 Å². The van der Waals surface area contributed by atoms with Gasteiger partial charge in [0.1, 0.15) is 0 Å². The molecule has 0 aliphatic heterocycles. The van der Waals surface area contributed by atoms with E-state index in [1.54, 1.807) is 0 Å². The third kappa shape index (κ3) is 5.48. The number of nitrogens with two attached hydrogens (primary N) is 1. The van der Waals surface area contributed by atoms with Crippen molar-refractivity contribution in [3.05, 3.63) is 29.8 Å². The molecule has 1 rings (SSSR count). The Morgan fingerprint density at radius 3 is 2.50 bits per heavy atom. The van der Waals surface area contributed by atoms with E-state index in [0.29, 0.717) is 18.1 Å². The summed E-state index contributed by atoms with van der Waals surface area (Å²) in [5.74, 6) is 0.801. The average molecular weight is 279 g/mol. The number of amidine groups is 1. The Morgan fingerprint density at radius 2 is 1.95 bits per heavy atom. The summed E-state index contributed by atoms with van der Waals surface area (Å²) in [6.07, 6.45) is 1.10. The molecule has 0 aromatic heterocycles. The summed E-state index contributed by atoms with van der Waals surface area (Å²) in [7, 11) is 2.02. The number of hydrogen-bond donors (Lipinski definition) is 2. The Morgan fingerprint density at radius 1 is 1.30 bits per heavy atom. The lowest BCUT2D eigenvalue weighted by Crippen LogP contribution is -2.23. The monoisotopic (exact) mass is 279 g/mol. The van der Waals surface area contributed by atoms with Gasteiger partial charge in [0.25, 0.3) is 0 Å². The highest BCUT2D eigenvalue weighted by Crippen LogP contribution is 2.13. The van der Waals surface area contributed by atoms with Crippen molar-refractivity contribution in [2.75, 3.05) is 31.7 Å². The summed E-state index contributed by atoms with van der Waals surface area (Å²) in [4.78, 5) is 2.12. The molecule has 20 heavy (non-hydrogen) atoms. The maximum Gasteiger partial charge on any atom is 0.170 e. The highest BCUT2D eigenvalue weighted by Gasteiger charge is 2.03. The first kappa shape index (κ1) is 16.3. The minimum absolute atomic E-state index is 0.122.